The van der Waals surface area contributed by atoms with Crippen molar-refractivity contribution in [2.45, 2.75) is 12.8 Å². The molecule has 72 valence electrons. The molecule has 1 heterocycles. The molecule has 13 heavy (non-hydrogen) atoms. The minimum atomic E-state index is -2.93. The molecule has 0 saturated carbocycles. The monoisotopic (exact) mass is 206 g/mol. The minimum absolute atomic E-state index is 0.201. The fourth-order valence-corrected chi connectivity index (χ4v) is 1.34. The lowest BCUT2D eigenvalue weighted by molar-refractivity contribution is -0.131. The number of carbonyl (C=O) groups excluding carboxylic acids is 1. The van der Waals surface area contributed by atoms with Gasteiger partial charge in [0.25, 0.3) is 5.91 Å². The van der Waals surface area contributed by atoms with E-state index in [-0.39, 0.29) is 6.54 Å². The maximum atomic E-state index is 11.7. The quantitative estimate of drug-likeness (QED) is 0.800. The zero-order valence-electron chi connectivity index (χ0n) is 6.67. The van der Waals surface area contributed by atoms with Gasteiger partial charge in [-0.15, -0.1) is 11.3 Å². The number of rotatable bonds is 4. The minimum Gasteiger partial charge on any atom is -0.351 e. The van der Waals surface area contributed by atoms with Gasteiger partial charge in [0.1, 0.15) is 0 Å². The molecule has 3 nitrogen and oxygen atoms in total. The molecular formula is C7H8F2N2OS. The third kappa shape index (κ3) is 3.45. The predicted octanol–water partition coefficient (Wildman–Crippen LogP) is 1.07. The van der Waals surface area contributed by atoms with Crippen LogP contribution in [-0.4, -0.2) is 23.9 Å². The number of alkyl halides is 2. The van der Waals surface area contributed by atoms with Gasteiger partial charge in [0, 0.05) is 18.3 Å². The van der Waals surface area contributed by atoms with Crippen LogP contribution >= 0.6 is 11.3 Å². The highest BCUT2D eigenvalue weighted by Gasteiger charge is 2.13. The van der Waals surface area contributed by atoms with Crippen molar-refractivity contribution in [2.24, 2.45) is 0 Å². The molecule has 0 aliphatic carbocycles. The van der Waals surface area contributed by atoms with E-state index in [4.69, 9.17) is 0 Å². The molecule has 0 aromatic carbocycles. The average Bonchev–Trinajstić information content (AvgIpc) is 2.56. The van der Waals surface area contributed by atoms with Gasteiger partial charge in [-0.3, -0.25) is 4.79 Å². The van der Waals surface area contributed by atoms with Gasteiger partial charge in [0.2, 0.25) is 0 Å². The van der Waals surface area contributed by atoms with Crippen molar-refractivity contribution >= 4 is 17.2 Å². The van der Waals surface area contributed by atoms with Gasteiger partial charge in [0.15, 0.2) is 0 Å². The van der Waals surface area contributed by atoms with Gasteiger partial charge < -0.3 is 5.32 Å². The van der Waals surface area contributed by atoms with Crippen LogP contribution in [-0.2, 0) is 11.2 Å². The van der Waals surface area contributed by atoms with Crippen LogP contribution in [0, 0.1) is 0 Å². The highest BCUT2D eigenvalue weighted by molar-refractivity contribution is 7.07. The van der Waals surface area contributed by atoms with Crippen molar-refractivity contribution in [1.29, 1.82) is 0 Å². The summed E-state index contributed by atoms with van der Waals surface area (Å²) >= 11 is 1.43. The second-order valence-corrected chi connectivity index (χ2v) is 3.04. The molecule has 1 aromatic heterocycles. The zero-order chi connectivity index (χ0) is 9.68. The smallest absolute Gasteiger partial charge is 0.315 e. The Morgan fingerprint density at radius 1 is 1.69 bits per heavy atom. The van der Waals surface area contributed by atoms with Crippen molar-refractivity contribution < 1.29 is 13.6 Å². The van der Waals surface area contributed by atoms with Crippen LogP contribution in [0.5, 0.6) is 0 Å². The fourth-order valence-electron chi connectivity index (χ4n) is 0.752. The summed E-state index contributed by atoms with van der Waals surface area (Å²) in [5.74, 6) is -1.23. The van der Waals surface area contributed by atoms with E-state index < -0.39 is 12.3 Å². The van der Waals surface area contributed by atoms with Crippen LogP contribution in [0.2, 0.25) is 0 Å². The van der Waals surface area contributed by atoms with E-state index in [2.05, 4.69) is 10.3 Å². The first kappa shape index (κ1) is 10.0. The Morgan fingerprint density at radius 2 is 2.46 bits per heavy atom. The molecule has 6 heteroatoms. The number of hydrogen-bond donors (Lipinski definition) is 1. The molecule has 0 aliphatic rings. The number of nitrogens with one attached hydrogen (secondary N) is 1. The molecule has 1 amide bonds. The number of carbonyl (C=O) groups is 1. The number of nitrogens with zero attached hydrogens (tertiary/aromatic N) is 1. The second kappa shape index (κ2) is 4.86. The SMILES string of the molecule is O=C(NCCc1cscn1)C(F)F. The van der Waals surface area contributed by atoms with E-state index in [0.29, 0.717) is 6.42 Å². The predicted molar refractivity (Wildman–Crippen MR) is 44.8 cm³/mol. The van der Waals surface area contributed by atoms with Crippen molar-refractivity contribution in [3.8, 4) is 0 Å². The lowest BCUT2D eigenvalue weighted by Gasteiger charge is -2.01. The molecule has 0 bridgehead atoms. The average molecular weight is 206 g/mol. The standard InChI is InChI=1S/C7H8F2N2OS/c8-6(9)7(12)10-2-1-5-3-13-4-11-5/h3-4,6H,1-2H2,(H,10,12). The van der Waals surface area contributed by atoms with Crippen LogP contribution in [0.3, 0.4) is 0 Å². The summed E-state index contributed by atoms with van der Waals surface area (Å²) in [5.41, 5.74) is 2.46. The summed E-state index contributed by atoms with van der Waals surface area (Å²) in [7, 11) is 0. The van der Waals surface area contributed by atoms with E-state index in [1.54, 1.807) is 5.51 Å². The van der Waals surface area contributed by atoms with Crippen LogP contribution in [0.15, 0.2) is 10.9 Å². The van der Waals surface area contributed by atoms with Crippen LogP contribution < -0.4 is 5.32 Å². The van der Waals surface area contributed by atoms with Gasteiger partial charge in [0.05, 0.1) is 11.2 Å². The number of amides is 1. The van der Waals surface area contributed by atoms with Crippen molar-refractivity contribution in [3.05, 3.63) is 16.6 Å². The van der Waals surface area contributed by atoms with E-state index >= 15 is 0 Å². The molecular weight excluding hydrogens is 198 g/mol. The lowest BCUT2D eigenvalue weighted by atomic mass is 10.3. The van der Waals surface area contributed by atoms with Crippen LogP contribution in [0.4, 0.5) is 8.78 Å². The molecule has 1 rings (SSSR count). The molecule has 0 atom stereocenters. The molecule has 1 N–H and O–H groups in total. The Kier molecular flexibility index (Phi) is 3.75. The van der Waals surface area contributed by atoms with Gasteiger partial charge >= 0.3 is 6.43 Å². The summed E-state index contributed by atoms with van der Waals surface area (Å²) in [4.78, 5) is 14.3. The summed E-state index contributed by atoms with van der Waals surface area (Å²) in [5, 5.41) is 3.91. The summed E-state index contributed by atoms with van der Waals surface area (Å²) in [6.07, 6.45) is -2.45. The molecule has 0 unspecified atom stereocenters. The fraction of sp³-hybridized carbons (Fsp3) is 0.429. The molecule has 0 fully saturated rings. The maximum absolute atomic E-state index is 11.7. The Labute approximate surface area is 77.8 Å². The number of hydrogen-bond acceptors (Lipinski definition) is 3. The third-order valence-electron chi connectivity index (χ3n) is 1.36. The lowest BCUT2D eigenvalue weighted by Crippen LogP contribution is -2.31. The van der Waals surface area contributed by atoms with Gasteiger partial charge in [-0.2, -0.15) is 8.78 Å². The molecule has 0 radical (unpaired) electrons. The number of thiazole rings is 1. The molecule has 0 saturated heterocycles. The molecule has 1 aromatic rings. The Hall–Kier alpha value is -1.04. The van der Waals surface area contributed by atoms with E-state index in [1.165, 1.54) is 11.3 Å². The highest BCUT2D eigenvalue weighted by Crippen LogP contribution is 2.00. The van der Waals surface area contributed by atoms with Gasteiger partial charge in [-0.05, 0) is 0 Å². The first-order valence-corrected chi connectivity index (χ1v) is 4.57. The first-order chi connectivity index (χ1) is 6.20. The number of halogens is 2. The van der Waals surface area contributed by atoms with Crippen LogP contribution in [0.1, 0.15) is 5.69 Å². The molecule has 0 aliphatic heterocycles. The normalized spacial score (nSPS) is 10.4. The van der Waals surface area contributed by atoms with Crippen molar-refractivity contribution in [1.82, 2.24) is 10.3 Å². The Balaban J connectivity index is 2.18. The topological polar surface area (TPSA) is 42.0 Å². The maximum Gasteiger partial charge on any atom is 0.315 e. The first-order valence-electron chi connectivity index (χ1n) is 3.63. The van der Waals surface area contributed by atoms with Gasteiger partial charge in [-0.25, -0.2) is 4.98 Å². The highest BCUT2D eigenvalue weighted by atomic mass is 32.1. The Bertz CT molecular complexity index is 263. The van der Waals surface area contributed by atoms with Crippen molar-refractivity contribution in [2.75, 3.05) is 6.54 Å². The van der Waals surface area contributed by atoms with E-state index in [1.807, 2.05) is 5.38 Å². The van der Waals surface area contributed by atoms with Gasteiger partial charge in [-0.1, -0.05) is 0 Å². The summed E-state index contributed by atoms with van der Waals surface area (Å²) < 4.78 is 23.3. The summed E-state index contributed by atoms with van der Waals surface area (Å²) in [6, 6.07) is 0. The van der Waals surface area contributed by atoms with E-state index in [0.717, 1.165) is 5.69 Å². The van der Waals surface area contributed by atoms with Crippen LogP contribution in [0.25, 0.3) is 0 Å². The zero-order valence-corrected chi connectivity index (χ0v) is 7.48. The van der Waals surface area contributed by atoms with E-state index in [9.17, 15) is 13.6 Å². The largest absolute Gasteiger partial charge is 0.351 e. The Morgan fingerprint density at radius 3 is 3.00 bits per heavy atom. The molecule has 0 spiro atoms. The second-order valence-electron chi connectivity index (χ2n) is 2.32. The third-order valence-corrected chi connectivity index (χ3v) is 2.00. The van der Waals surface area contributed by atoms with Crippen molar-refractivity contribution in [3.63, 3.8) is 0 Å². The summed E-state index contributed by atoms with van der Waals surface area (Å²) in [6.45, 7) is 0.201. The number of aromatic nitrogens is 1.